The molecular formula is C21H25N3O3. The van der Waals surface area contributed by atoms with Gasteiger partial charge in [0, 0.05) is 30.9 Å². The van der Waals surface area contributed by atoms with Crippen molar-refractivity contribution in [3.8, 4) is 5.75 Å². The van der Waals surface area contributed by atoms with E-state index in [1.807, 2.05) is 30.0 Å². The van der Waals surface area contributed by atoms with Gasteiger partial charge in [0.2, 0.25) is 0 Å². The molecule has 1 fully saturated rings. The molecule has 1 aliphatic heterocycles. The zero-order valence-corrected chi connectivity index (χ0v) is 15.7. The largest absolute Gasteiger partial charge is 0.496 e. The van der Waals surface area contributed by atoms with E-state index in [1.54, 1.807) is 24.3 Å². The molecule has 2 aromatic rings. The Morgan fingerprint density at radius 1 is 1.11 bits per heavy atom. The summed E-state index contributed by atoms with van der Waals surface area (Å²) in [6.45, 7) is 5.06. The van der Waals surface area contributed by atoms with Crippen molar-refractivity contribution < 1.29 is 14.3 Å². The van der Waals surface area contributed by atoms with Gasteiger partial charge < -0.3 is 20.3 Å². The standard InChI is InChI=1S/C21H25N3O3/c1-15-8-9-16(21(26)24-12-5-10-22-11-13-24)14-18(15)23-20(25)17-6-3-4-7-19(17)27-2/h3-4,6-9,14,22H,5,10-13H2,1-2H3,(H,23,25). The summed E-state index contributed by atoms with van der Waals surface area (Å²) in [4.78, 5) is 27.4. The van der Waals surface area contributed by atoms with Gasteiger partial charge in [0.1, 0.15) is 5.75 Å². The molecule has 142 valence electrons. The number of nitrogens with zero attached hydrogens (tertiary/aromatic N) is 1. The summed E-state index contributed by atoms with van der Waals surface area (Å²) < 4.78 is 5.26. The topological polar surface area (TPSA) is 70.7 Å². The Morgan fingerprint density at radius 2 is 1.93 bits per heavy atom. The molecule has 1 heterocycles. The van der Waals surface area contributed by atoms with Crippen molar-refractivity contribution in [3.05, 3.63) is 59.2 Å². The number of amides is 2. The summed E-state index contributed by atoms with van der Waals surface area (Å²) in [6, 6.07) is 12.5. The highest BCUT2D eigenvalue weighted by molar-refractivity contribution is 6.07. The van der Waals surface area contributed by atoms with Gasteiger partial charge in [-0.3, -0.25) is 9.59 Å². The Morgan fingerprint density at radius 3 is 2.74 bits per heavy atom. The highest BCUT2D eigenvalue weighted by Crippen LogP contribution is 2.22. The minimum absolute atomic E-state index is 0.00788. The van der Waals surface area contributed by atoms with Crippen LogP contribution in [0.1, 0.15) is 32.7 Å². The molecule has 1 aliphatic rings. The normalized spacial score (nSPS) is 14.4. The Hall–Kier alpha value is -2.86. The molecule has 27 heavy (non-hydrogen) atoms. The van der Waals surface area contributed by atoms with Crippen LogP contribution in [0.5, 0.6) is 5.75 Å². The van der Waals surface area contributed by atoms with Crippen LogP contribution >= 0.6 is 0 Å². The van der Waals surface area contributed by atoms with Crippen molar-refractivity contribution in [2.45, 2.75) is 13.3 Å². The predicted molar refractivity (Wildman–Crippen MR) is 106 cm³/mol. The van der Waals surface area contributed by atoms with Crippen molar-refractivity contribution in [2.24, 2.45) is 0 Å². The molecule has 0 radical (unpaired) electrons. The van der Waals surface area contributed by atoms with E-state index in [1.165, 1.54) is 7.11 Å². The number of anilines is 1. The van der Waals surface area contributed by atoms with Crippen LogP contribution in [-0.2, 0) is 0 Å². The third-order valence-electron chi connectivity index (χ3n) is 4.71. The van der Waals surface area contributed by atoms with Gasteiger partial charge in [0.25, 0.3) is 11.8 Å². The van der Waals surface area contributed by atoms with E-state index >= 15 is 0 Å². The van der Waals surface area contributed by atoms with E-state index < -0.39 is 0 Å². The van der Waals surface area contributed by atoms with Crippen molar-refractivity contribution in [1.82, 2.24) is 10.2 Å². The first-order chi connectivity index (χ1) is 13.1. The minimum atomic E-state index is -0.265. The summed E-state index contributed by atoms with van der Waals surface area (Å²) in [5, 5.41) is 6.21. The average molecular weight is 367 g/mol. The lowest BCUT2D eigenvalue weighted by atomic mass is 10.1. The molecule has 0 bridgehead atoms. The lowest BCUT2D eigenvalue weighted by Crippen LogP contribution is -2.34. The van der Waals surface area contributed by atoms with E-state index in [0.717, 1.165) is 31.6 Å². The fraction of sp³-hybridized carbons (Fsp3) is 0.333. The highest BCUT2D eigenvalue weighted by Gasteiger charge is 2.19. The quantitative estimate of drug-likeness (QED) is 0.872. The lowest BCUT2D eigenvalue weighted by Gasteiger charge is -2.21. The SMILES string of the molecule is COc1ccccc1C(=O)Nc1cc(C(=O)N2CCCNCC2)ccc1C. The number of benzene rings is 2. The summed E-state index contributed by atoms with van der Waals surface area (Å²) in [7, 11) is 1.53. The number of hydrogen-bond acceptors (Lipinski definition) is 4. The van der Waals surface area contributed by atoms with Crippen LogP contribution < -0.4 is 15.4 Å². The first-order valence-electron chi connectivity index (χ1n) is 9.15. The van der Waals surface area contributed by atoms with Crippen LogP contribution in [0.15, 0.2) is 42.5 Å². The van der Waals surface area contributed by atoms with E-state index in [9.17, 15) is 9.59 Å². The van der Waals surface area contributed by atoms with Crippen LogP contribution in [0.25, 0.3) is 0 Å². The van der Waals surface area contributed by atoms with Gasteiger partial charge in [-0.15, -0.1) is 0 Å². The number of carbonyl (C=O) groups excluding carboxylic acids is 2. The molecule has 2 N–H and O–H groups in total. The first kappa shape index (κ1) is 18.9. The van der Waals surface area contributed by atoms with Gasteiger partial charge in [-0.1, -0.05) is 18.2 Å². The molecular weight excluding hydrogens is 342 g/mol. The van der Waals surface area contributed by atoms with Gasteiger partial charge >= 0.3 is 0 Å². The number of para-hydroxylation sites is 1. The second-order valence-electron chi connectivity index (χ2n) is 6.58. The van der Waals surface area contributed by atoms with Gasteiger partial charge in [0.05, 0.1) is 12.7 Å². The summed E-state index contributed by atoms with van der Waals surface area (Å²) in [5.74, 6) is 0.238. The highest BCUT2D eigenvalue weighted by atomic mass is 16.5. The number of aryl methyl sites for hydroxylation is 1. The molecule has 6 nitrogen and oxygen atoms in total. The van der Waals surface area contributed by atoms with Gasteiger partial charge in [-0.05, 0) is 49.7 Å². The molecule has 3 rings (SSSR count). The monoisotopic (exact) mass is 367 g/mol. The smallest absolute Gasteiger partial charge is 0.259 e. The molecule has 0 spiro atoms. The fourth-order valence-corrected chi connectivity index (χ4v) is 3.14. The first-order valence-corrected chi connectivity index (χ1v) is 9.15. The number of ether oxygens (including phenoxy) is 1. The summed E-state index contributed by atoms with van der Waals surface area (Å²) in [6.07, 6.45) is 0.939. The van der Waals surface area contributed by atoms with Crippen molar-refractivity contribution in [1.29, 1.82) is 0 Å². The molecule has 2 amide bonds. The van der Waals surface area contributed by atoms with Crippen LogP contribution in [0.2, 0.25) is 0 Å². The molecule has 0 atom stereocenters. The number of rotatable bonds is 4. The van der Waals surface area contributed by atoms with Crippen LogP contribution in [-0.4, -0.2) is 50.0 Å². The molecule has 0 saturated carbocycles. The number of hydrogen-bond donors (Lipinski definition) is 2. The lowest BCUT2D eigenvalue weighted by molar-refractivity contribution is 0.0766. The van der Waals surface area contributed by atoms with E-state index in [0.29, 0.717) is 29.1 Å². The Balaban J connectivity index is 1.81. The van der Waals surface area contributed by atoms with Crippen LogP contribution in [0, 0.1) is 6.92 Å². The van der Waals surface area contributed by atoms with Gasteiger partial charge in [0.15, 0.2) is 0 Å². The maximum atomic E-state index is 12.8. The molecule has 0 aromatic heterocycles. The number of nitrogens with one attached hydrogen (secondary N) is 2. The average Bonchev–Trinajstić information content (AvgIpc) is 2.98. The minimum Gasteiger partial charge on any atom is -0.496 e. The zero-order valence-electron chi connectivity index (χ0n) is 15.7. The maximum Gasteiger partial charge on any atom is 0.259 e. The zero-order chi connectivity index (χ0) is 19.2. The van der Waals surface area contributed by atoms with E-state index in [2.05, 4.69) is 10.6 Å². The van der Waals surface area contributed by atoms with Crippen LogP contribution in [0.3, 0.4) is 0 Å². The van der Waals surface area contributed by atoms with E-state index in [4.69, 9.17) is 4.74 Å². The second kappa shape index (κ2) is 8.68. The van der Waals surface area contributed by atoms with Gasteiger partial charge in [-0.2, -0.15) is 0 Å². The molecule has 1 saturated heterocycles. The van der Waals surface area contributed by atoms with Crippen LogP contribution in [0.4, 0.5) is 5.69 Å². The maximum absolute atomic E-state index is 12.8. The van der Waals surface area contributed by atoms with Gasteiger partial charge in [-0.25, -0.2) is 0 Å². The molecule has 2 aromatic carbocycles. The molecule has 0 unspecified atom stereocenters. The van der Waals surface area contributed by atoms with E-state index in [-0.39, 0.29) is 11.8 Å². The summed E-state index contributed by atoms with van der Waals surface area (Å²) in [5.41, 5.74) is 2.56. The van der Waals surface area contributed by atoms with Crippen molar-refractivity contribution in [2.75, 3.05) is 38.6 Å². The Bertz CT molecular complexity index is 827. The Kier molecular flexibility index (Phi) is 6.08. The second-order valence-corrected chi connectivity index (χ2v) is 6.58. The third-order valence-corrected chi connectivity index (χ3v) is 4.71. The fourth-order valence-electron chi connectivity index (χ4n) is 3.14. The number of methoxy groups -OCH3 is 1. The molecule has 0 aliphatic carbocycles. The Labute approximate surface area is 159 Å². The third kappa shape index (κ3) is 4.46. The molecule has 6 heteroatoms. The number of carbonyl (C=O) groups is 2. The summed E-state index contributed by atoms with van der Waals surface area (Å²) >= 11 is 0. The van der Waals surface area contributed by atoms with Crippen molar-refractivity contribution in [3.63, 3.8) is 0 Å². The van der Waals surface area contributed by atoms with Crippen molar-refractivity contribution >= 4 is 17.5 Å². The predicted octanol–water partition coefficient (Wildman–Crippen LogP) is 2.69.